The molecular weight excluding hydrogens is 262 g/mol. The van der Waals surface area contributed by atoms with Crippen LogP contribution in [0.2, 0.25) is 0 Å². The number of amides is 1. The van der Waals surface area contributed by atoms with Crippen molar-refractivity contribution in [3.8, 4) is 0 Å². The highest BCUT2D eigenvalue weighted by Gasteiger charge is 2.13. The number of nitrogens with zero attached hydrogens (tertiary/aromatic N) is 1. The van der Waals surface area contributed by atoms with Crippen molar-refractivity contribution in [2.45, 2.75) is 20.8 Å². The van der Waals surface area contributed by atoms with Crippen LogP contribution in [-0.4, -0.2) is 24.5 Å². The molecule has 0 aliphatic heterocycles. The number of benzene rings is 1. The smallest absolute Gasteiger partial charge is 0.269 e. The monoisotopic (exact) mass is 285 g/mol. The summed E-state index contributed by atoms with van der Waals surface area (Å²) in [4.78, 5) is 16.7. The summed E-state index contributed by atoms with van der Waals surface area (Å²) in [7, 11) is 1.85. The fraction of sp³-hybridized carbons (Fsp3) is 0.412. The Morgan fingerprint density at radius 1 is 1.24 bits per heavy atom. The fourth-order valence-electron chi connectivity index (χ4n) is 2.08. The van der Waals surface area contributed by atoms with E-state index in [0.717, 1.165) is 16.6 Å². The lowest BCUT2D eigenvalue weighted by atomic mass is 9.98. The largest absolute Gasteiger partial charge is 0.388 e. The molecule has 4 heteroatoms. The highest BCUT2D eigenvalue weighted by atomic mass is 16.1. The van der Waals surface area contributed by atoms with E-state index in [9.17, 15) is 4.79 Å². The Balaban J connectivity index is 2.23. The highest BCUT2D eigenvalue weighted by Crippen LogP contribution is 2.22. The molecule has 112 valence electrons. The van der Waals surface area contributed by atoms with Crippen LogP contribution < -0.4 is 10.6 Å². The second kappa shape index (κ2) is 6.57. The molecule has 0 saturated carbocycles. The van der Waals surface area contributed by atoms with Gasteiger partial charge in [0.05, 0.1) is 5.52 Å². The number of aromatic nitrogens is 1. The normalized spacial score (nSPS) is 12.4. The summed E-state index contributed by atoms with van der Waals surface area (Å²) in [6.07, 6.45) is 0. The number of anilines is 1. The lowest BCUT2D eigenvalue weighted by Gasteiger charge is -2.16. The quantitative estimate of drug-likeness (QED) is 0.886. The SMILES string of the molecule is CNc1cc(C(=O)NCC(C)C(C)C)nc2ccccc12. The van der Waals surface area contributed by atoms with Crippen molar-refractivity contribution in [1.82, 2.24) is 10.3 Å². The third kappa shape index (κ3) is 3.51. The lowest BCUT2D eigenvalue weighted by Crippen LogP contribution is -2.30. The van der Waals surface area contributed by atoms with Gasteiger partial charge in [-0.2, -0.15) is 0 Å². The average molecular weight is 285 g/mol. The van der Waals surface area contributed by atoms with Crippen molar-refractivity contribution < 1.29 is 4.79 Å². The van der Waals surface area contributed by atoms with E-state index in [-0.39, 0.29) is 5.91 Å². The van der Waals surface area contributed by atoms with Gasteiger partial charge in [-0.1, -0.05) is 39.0 Å². The van der Waals surface area contributed by atoms with Gasteiger partial charge in [0, 0.05) is 24.7 Å². The molecule has 2 aromatic rings. The second-order valence-corrected chi connectivity index (χ2v) is 5.75. The van der Waals surface area contributed by atoms with Crippen molar-refractivity contribution in [1.29, 1.82) is 0 Å². The van der Waals surface area contributed by atoms with E-state index < -0.39 is 0 Å². The van der Waals surface area contributed by atoms with Gasteiger partial charge in [0.1, 0.15) is 5.69 Å². The van der Waals surface area contributed by atoms with Crippen molar-refractivity contribution in [2.75, 3.05) is 18.9 Å². The summed E-state index contributed by atoms with van der Waals surface area (Å²) in [6, 6.07) is 9.62. The Bertz CT molecular complexity index is 637. The molecule has 4 nitrogen and oxygen atoms in total. The maximum atomic E-state index is 12.3. The molecule has 1 aromatic carbocycles. The maximum absolute atomic E-state index is 12.3. The van der Waals surface area contributed by atoms with Crippen molar-refractivity contribution >= 4 is 22.5 Å². The van der Waals surface area contributed by atoms with E-state index in [1.807, 2.05) is 31.3 Å². The van der Waals surface area contributed by atoms with E-state index >= 15 is 0 Å². The van der Waals surface area contributed by atoms with Gasteiger partial charge >= 0.3 is 0 Å². The summed E-state index contributed by atoms with van der Waals surface area (Å²) in [5, 5.41) is 7.12. The number of hydrogen-bond donors (Lipinski definition) is 2. The average Bonchev–Trinajstić information content (AvgIpc) is 2.50. The van der Waals surface area contributed by atoms with Gasteiger partial charge in [0.25, 0.3) is 5.91 Å². The Morgan fingerprint density at radius 3 is 2.62 bits per heavy atom. The molecule has 0 spiro atoms. The molecule has 0 saturated heterocycles. The molecule has 1 amide bonds. The van der Waals surface area contributed by atoms with Crippen molar-refractivity contribution in [3.63, 3.8) is 0 Å². The third-order valence-corrected chi connectivity index (χ3v) is 3.94. The van der Waals surface area contributed by atoms with Crippen LogP contribution in [0.25, 0.3) is 10.9 Å². The maximum Gasteiger partial charge on any atom is 0.269 e. The van der Waals surface area contributed by atoms with Crippen molar-refractivity contribution in [2.24, 2.45) is 11.8 Å². The number of para-hydroxylation sites is 1. The van der Waals surface area contributed by atoms with Gasteiger partial charge in [0.2, 0.25) is 0 Å². The molecule has 0 radical (unpaired) electrons. The minimum Gasteiger partial charge on any atom is -0.388 e. The Labute approximate surface area is 126 Å². The standard InChI is InChI=1S/C17H23N3O/c1-11(2)12(3)10-19-17(21)16-9-15(18-4)13-7-5-6-8-14(13)20-16/h5-9,11-12H,10H2,1-4H3,(H,18,20)(H,19,21). The van der Waals surface area contributed by atoms with Crippen LogP contribution in [0.5, 0.6) is 0 Å². The van der Waals surface area contributed by atoms with Gasteiger partial charge in [0.15, 0.2) is 0 Å². The molecule has 0 aliphatic rings. The molecule has 0 bridgehead atoms. The summed E-state index contributed by atoms with van der Waals surface area (Å²) < 4.78 is 0. The molecular formula is C17H23N3O. The predicted molar refractivity (Wildman–Crippen MR) is 87.6 cm³/mol. The van der Waals surface area contributed by atoms with E-state index in [1.54, 1.807) is 6.07 Å². The number of nitrogens with one attached hydrogen (secondary N) is 2. The topological polar surface area (TPSA) is 54.0 Å². The van der Waals surface area contributed by atoms with E-state index in [2.05, 4.69) is 36.4 Å². The van der Waals surface area contributed by atoms with Crippen LogP contribution in [-0.2, 0) is 0 Å². The number of carbonyl (C=O) groups is 1. The molecule has 1 aromatic heterocycles. The zero-order valence-corrected chi connectivity index (χ0v) is 13.1. The van der Waals surface area contributed by atoms with E-state index in [4.69, 9.17) is 0 Å². The number of fused-ring (bicyclic) bond motifs is 1. The molecule has 2 rings (SSSR count). The van der Waals surface area contributed by atoms with Gasteiger partial charge in [-0.15, -0.1) is 0 Å². The highest BCUT2D eigenvalue weighted by molar-refractivity contribution is 5.99. The molecule has 2 N–H and O–H groups in total. The second-order valence-electron chi connectivity index (χ2n) is 5.75. The third-order valence-electron chi connectivity index (χ3n) is 3.94. The zero-order chi connectivity index (χ0) is 15.4. The lowest BCUT2D eigenvalue weighted by molar-refractivity contribution is 0.0940. The Kier molecular flexibility index (Phi) is 4.78. The molecule has 21 heavy (non-hydrogen) atoms. The van der Waals surface area contributed by atoms with Gasteiger partial charge in [-0.05, 0) is 24.0 Å². The van der Waals surface area contributed by atoms with E-state index in [1.165, 1.54) is 0 Å². The van der Waals surface area contributed by atoms with Crippen LogP contribution in [0.15, 0.2) is 30.3 Å². The summed E-state index contributed by atoms with van der Waals surface area (Å²) in [6.45, 7) is 7.12. The molecule has 1 atom stereocenters. The van der Waals surface area contributed by atoms with Gasteiger partial charge in [-0.3, -0.25) is 4.79 Å². The molecule has 0 fully saturated rings. The van der Waals surface area contributed by atoms with Crippen LogP contribution in [0.1, 0.15) is 31.3 Å². The Hall–Kier alpha value is -2.10. The summed E-state index contributed by atoms with van der Waals surface area (Å²) >= 11 is 0. The molecule has 0 aliphatic carbocycles. The number of pyridine rings is 1. The minimum atomic E-state index is -0.121. The van der Waals surface area contributed by atoms with Crippen LogP contribution in [0, 0.1) is 11.8 Å². The summed E-state index contributed by atoms with van der Waals surface area (Å²) in [5.74, 6) is 0.866. The molecule has 1 heterocycles. The van der Waals surface area contributed by atoms with Crippen molar-refractivity contribution in [3.05, 3.63) is 36.0 Å². The van der Waals surface area contributed by atoms with Gasteiger partial charge < -0.3 is 10.6 Å². The van der Waals surface area contributed by atoms with Crippen LogP contribution in [0.4, 0.5) is 5.69 Å². The van der Waals surface area contributed by atoms with Crippen LogP contribution >= 0.6 is 0 Å². The minimum absolute atomic E-state index is 0.121. The predicted octanol–water partition coefficient (Wildman–Crippen LogP) is 3.30. The zero-order valence-electron chi connectivity index (χ0n) is 13.1. The van der Waals surface area contributed by atoms with Gasteiger partial charge in [-0.25, -0.2) is 4.98 Å². The number of carbonyl (C=O) groups excluding carboxylic acids is 1. The number of rotatable bonds is 5. The van der Waals surface area contributed by atoms with Crippen LogP contribution in [0.3, 0.4) is 0 Å². The summed E-state index contributed by atoms with van der Waals surface area (Å²) in [5.41, 5.74) is 2.20. The first-order valence-corrected chi connectivity index (χ1v) is 7.38. The molecule has 1 unspecified atom stereocenters. The number of hydrogen-bond acceptors (Lipinski definition) is 3. The first kappa shape index (κ1) is 15.3. The first-order chi connectivity index (χ1) is 10.0. The first-order valence-electron chi connectivity index (χ1n) is 7.38. The Morgan fingerprint density at radius 2 is 1.95 bits per heavy atom. The fourth-order valence-corrected chi connectivity index (χ4v) is 2.08. The van der Waals surface area contributed by atoms with E-state index in [0.29, 0.717) is 24.1 Å².